The van der Waals surface area contributed by atoms with Crippen molar-refractivity contribution in [3.05, 3.63) is 64.2 Å². The summed E-state index contributed by atoms with van der Waals surface area (Å²) in [5.41, 5.74) is 3.57. The summed E-state index contributed by atoms with van der Waals surface area (Å²) in [4.78, 5) is 0. The van der Waals surface area contributed by atoms with E-state index in [0.717, 1.165) is 24.8 Å². The van der Waals surface area contributed by atoms with Gasteiger partial charge < -0.3 is 5.11 Å². The van der Waals surface area contributed by atoms with Gasteiger partial charge in [-0.3, -0.25) is 0 Å². The Balaban J connectivity index is 1.97. The molecule has 0 saturated heterocycles. The van der Waals surface area contributed by atoms with E-state index >= 15 is 0 Å². The molecule has 94 valence electrons. The number of benzene rings is 2. The van der Waals surface area contributed by atoms with Crippen molar-refractivity contribution < 1.29 is 5.11 Å². The molecule has 2 aromatic carbocycles. The van der Waals surface area contributed by atoms with Gasteiger partial charge in [-0.15, -0.1) is 0 Å². The summed E-state index contributed by atoms with van der Waals surface area (Å²) in [6, 6.07) is 14.1. The second-order valence-corrected chi connectivity index (χ2v) is 4.90. The average molecular weight is 261 g/mol. The number of phenolic OH excluding ortho intramolecular Hbond substituents is 1. The molecular formula is C16H17ClO. The van der Waals surface area contributed by atoms with Crippen LogP contribution < -0.4 is 0 Å². The van der Waals surface area contributed by atoms with E-state index < -0.39 is 0 Å². The Labute approximate surface area is 113 Å². The van der Waals surface area contributed by atoms with Crippen molar-refractivity contribution in [3.63, 3.8) is 0 Å². The van der Waals surface area contributed by atoms with Gasteiger partial charge in [-0.2, -0.15) is 0 Å². The molecule has 0 aliphatic carbocycles. The Hall–Kier alpha value is -1.47. The van der Waals surface area contributed by atoms with Crippen LogP contribution in [-0.2, 0) is 12.8 Å². The first-order valence-corrected chi connectivity index (χ1v) is 6.57. The molecule has 0 aliphatic heterocycles. The van der Waals surface area contributed by atoms with Gasteiger partial charge in [-0.1, -0.05) is 48.0 Å². The Kier molecular flexibility index (Phi) is 4.27. The normalized spacial score (nSPS) is 10.6. The van der Waals surface area contributed by atoms with Crippen LogP contribution >= 0.6 is 11.6 Å². The van der Waals surface area contributed by atoms with E-state index in [1.165, 1.54) is 11.1 Å². The molecule has 0 bridgehead atoms. The standard InChI is InChI=1S/C16H17ClO/c1-12-14(10-11-15(18)16(12)17)9-5-8-13-6-3-2-4-7-13/h2-4,6-7,10-11,18H,5,8-9H2,1H3. The summed E-state index contributed by atoms with van der Waals surface area (Å²) in [6.45, 7) is 1.96. The van der Waals surface area contributed by atoms with Crippen molar-refractivity contribution in [1.82, 2.24) is 0 Å². The van der Waals surface area contributed by atoms with Crippen molar-refractivity contribution in [2.24, 2.45) is 0 Å². The number of rotatable bonds is 4. The molecule has 1 N–H and O–H groups in total. The predicted octanol–water partition coefficient (Wildman–Crippen LogP) is 4.53. The summed E-state index contributed by atoms with van der Waals surface area (Å²) in [7, 11) is 0. The second-order valence-electron chi connectivity index (χ2n) is 4.52. The van der Waals surface area contributed by atoms with E-state index in [2.05, 4.69) is 24.3 Å². The predicted molar refractivity (Wildman–Crippen MR) is 76.3 cm³/mol. The molecule has 0 amide bonds. The first kappa shape index (κ1) is 13.0. The number of hydrogen-bond acceptors (Lipinski definition) is 1. The molecule has 1 nitrogen and oxygen atoms in total. The van der Waals surface area contributed by atoms with Crippen molar-refractivity contribution in [2.75, 3.05) is 0 Å². The summed E-state index contributed by atoms with van der Waals surface area (Å²) >= 11 is 6.03. The van der Waals surface area contributed by atoms with Crippen LogP contribution in [0.4, 0.5) is 0 Å². The monoisotopic (exact) mass is 260 g/mol. The fourth-order valence-electron chi connectivity index (χ4n) is 2.11. The lowest BCUT2D eigenvalue weighted by Gasteiger charge is -2.09. The SMILES string of the molecule is Cc1c(CCCc2ccccc2)ccc(O)c1Cl. The Bertz CT molecular complexity index is 520. The fraction of sp³-hybridized carbons (Fsp3) is 0.250. The smallest absolute Gasteiger partial charge is 0.134 e. The van der Waals surface area contributed by atoms with Crippen molar-refractivity contribution in [2.45, 2.75) is 26.2 Å². The quantitative estimate of drug-likeness (QED) is 0.856. The summed E-state index contributed by atoms with van der Waals surface area (Å²) < 4.78 is 0. The molecule has 0 heterocycles. The van der Waals surface area contributed by atoms with Gasteiger partial charge in [0.15, 0.2) is 0 Å². The maximum atomic E-state index is 9.50. The van der Waals surface area contributed by atoms with E-state index in [4.69, 9.17) is 11.6 Å². The first-order valence-electron chi connectivity index (χ1n) is 6.19. The molecule has 0 aliphatic rings. The van der Waals surface area contributed by atoms with Gasteiger partial charge in [0.25, 0.3) is 0 Å². The summed E-state index contributed by atoms with van der Waals surface area (Å²) in [5, 5.41) is 9.97. The molecule has 0 spiro atoms. The highest BCUT2D eigenvalue weighted by Gasteiger charge is 2.06. The number of phenols is 1. The van der Waals surface area contributed by atoms with Crippen LogP contribution in [0.2, 0.25) is 5.02 Å². The van der Waals surface area contributed by atoms with Gasteiger partial charge in [-0.25, -0.2) is 0 Å². The van der Waals surface area contributed by atoms with E-state index in [9.17, 15) is 5.11 Å². The maximum absolute atomic E-state index is 9.50. The third kappa shape index (κ3) is 3.05. The molecule has 2 aromatic rings. The van der Waals surface area contributed by atoms with Crippen LogP contribution in [0.15, 0.2) is 42.5 Å². The Morgan fingerprint density at radius 1 is 1.00 bits per heavy atom. The zero-order valence-electron chi connectivity index (χ0n) is 10.5. The van der Waals surface area contributed by atoms with Crippen molar-refractivity contribution in [3.8, 4) is 5.75 Å². The van der Waals surface area contributed by atoms with Crippen LogP contribution in [-0.4, -0.2) is 5.11 Å². The number of aromatic hydroxyl groups is 1. The van der Waals surface area contributed by atoms with Crippen LogP contribution in [0.1, 0.15) is 23.1 Å². The first-order chi connectivity index (χ1) is 8.68. The number of hydrogen-bond donors (Lipinski definition) is 1. The van der Waals surface area contributed by atoms with Crippen LogP contribution in [0.5, 0.6) is 5.75 Å². The van der Waals surface area contributed by atoms with Crippen LogP contribution in [0, 0.1) is 6.92 Å². The van der Waals surface area contributed by atoms with Crippen LogP contribution in [0.3, 0.4) is 0 Å². The lowest BCUT2D eigenvalue weighted by atomic mass is 10.0. The molecule has 0 atom stereocenters. The van der Waals surface area contributed by atoms with E-state index in [1.54, 1.807) is 6.07 Å². The van der Waals surface area contributed by atoms with E-state index in [-0.39, 0.29) is 5.75 Å². The Morgan fingerprint density at radius 3 is 2.44 bits per heavy atom. The van der Waals surface area contributed by atoms with Gasteiger partial charge in [0.1, 0.15) is 5.75 Å². The molecule has 2 heteroatoms. The largest absolute Gasteiger partial charge is 0.506 e. The highest BCUT2D eigenvalue weighted by atomic mass is 35.5. The fourth-order valence-corrected chi connectivity index (χ4v) is 2.29. The highest BCUT2D eigenvalue weighted by molar-refractivity contribution is 6.32. The van der Waals surface area contributed by atoms with Gasteiger partial charge in [-0.05, 0) is 48.9 Å². The lowest BCUT2D eigenvalue weighted by Crippen LogP contribution is -1.93. The molecule has 2 rings (SSSR count). The highest BCUT2D eigenvalue weighted by Crippen LogP contribution is 2.29. The van der Waals surface area contributed by atoms with Gasteiger partial charge in [0.05, 0.1) is 5.02 Å². The topological polar surface area (TPSA) is 20.2 Å². The zero-order chi connectivity index (χ0) is 13.0. The Morgan fingerprint density at radius 2 is 1.72 bits per heavy atom. The van der Waals surface area contributed by atoms with Crippen molar-refractivity contribution >= 4 is 11.6 Å². The molecule has 0 saturated carbocycles. The molecule has 0 radical (unpaired) electrons. The van der Waals surface area contributed by atoms with Crippen LogP contribution in [0.25, 0.3) is 0 Å². The molecule has 18 heavy (non-hydrogen) atoms. The van der Waals surface area contributed by atoms with Crippen molar-refractivity contribution in [1.29, 1.82) is 0 Å². The van der Waals surface area contributed by atoms with Gasteiger partial charge in [0.2, 0.25) is 0 Å². The zero-order valence-corrected chi connectivity index (χ0v) is 11.2. The van der Waals surface area contributed by atoms with Gasteiger partial charge >= 0.3 is 0 Å². The van der Waals surface area contributed by atoms with Gasteiger partial charge in [0, 0.05) is 0 Å². The van der Waals surface area contributed by atoms with E-state index in [1.807, 2.05) is 19.1 Å². The molecule has 0 fully saturated rings. The average Bonchev–Trinajstić information content (AvgIpc) is 2.40. The third-order valence-electron chi connectivity index (χ3n) is 3.23. The minimum atomic E-state index is 0.168. The second kappa shape index (κ2) is 5.92. The third-order valence-corrected chi connectivity index (χ3v) is 3.71. The minimum absolute atomic E-state index is 0.168. The maximum Gasteiger partial charge on any atom is 0.134 e. The number of aryl methyl sites for hydroxylation is 2. The molecular weight excluding hydrogens is 244 g/mol. The van der Waals surface area contributed by atoms with E-state index in [0.29, 0.717) is 5.02 Å². The minimum Gasteiger partial charge on any atom is -0.506 e. The molecule has 0 unspecified atom stereocenters. The summed E-state index contributed by atoms with van der Waals surface area (Å²) in [6.07, 6.45) is 3.14. The molecule has 0 aromatic heterocycles. The lowest BCUT2D eigenvalue weighted by molar-refractivity contribution is 0.475. The number of halogens is 1. The summed E-state index contributed by atoms with van der Waals surface area (Å²) in [5.74, 6) is 0.168.